The van der Waals surface area contributed by atoms with Crippen LogP contribution in [0.15, 0.2) is 47.4 Å². The van der Waals surface area contributed by atoms with Crippen LogP contribution in [-0.4, -0.2) is 37.4 Å². The van der Waals surface area contributed by atoms with Gasteiger partial charge in [0.15, 0.2) is 5.72 Å². The van der Waals surface area contributed by atoms with E-state index in [1.54, 1.807) is 24.3 Å². The first-order chi connectivity index (χ1) is 12.8. The molecule has 7 heteroatoms. The van der Waals surface area contributed by atoms with E-state index in [0.717, 1.165) is 11.1 Å². The Morgan fingerprint density at radius 2 is 1.78 bits per heavy atom. The number of ether oxygens (including phenoxy) is 1. The quantitative estimate of drug-likeness (QED) is 0.861. The van der Waals surface area contributed by atoms with Crippen molar-refractivity contribution in [3.8, 4) is 5.75 Å². The second-order valence-electron chi connectivity index (χ2n) is 7.22. The molecule has 1 fully saturated rings. The van der Waals surface area contributed by atoms with Gasteiger partial charge < -0.3 is 10.1 Å². The van der Waals surface area contributed by atoms with Crippen LogP contribution < -0.4 is 10.1 Å². The van der Waals surface area contributed by atoms with Gasteiger partial charge in [-0.25, -0.2) is 8.42 Å². The normalized spacial score (nSPS) is 19.3. The topological polar surface area (TPSA) is 75.7 Å². The summed E-state index contributed by atoms with van der Waals surface area (Å²) < 4.78 is 33.7. The summed E-state index contributed by atoms with van der Waals surface area (Å²) in [6, 6.07) is 12.5. The molecule has 2 aromatic carbocycles. The van der Waals surface area contributed by atoms with Crippen molar-refractivity contribution >= 4 is 15.9 Å². The van der Waals surface area contributed by atoms with Crippen LogP contribution in [0.2, 0.25) is 0 Å². The highest BCUT2D eigenvalue weighted by Gasteiger charge is 2.44. The summed E-state index contributed by atoms with van der Waals surface area (Å²) in [7, 11) is -3.57. The fraction of sp³-hybridized carbons (Fsp3) is 0.350. The zero-order valence-electron chi connectivity index (χ0n) is 15.4. The highest BCUT2D eigenvalue weighted by Crippen LogP contribution is 2.35. The molecule has 0 aliphatic carbocycles. The van der Waals surface area contributed by atoms with E-state index < -0.39 is 15.7 Å². The van der Waals surface area contributed by atoms with Gasteiger partial charge in [0.1, 0.15) is 5.75 Å². The van der Waals surface area contributed by atoms with E-state index in [0.29, 0.717) is 29.1 Å². The van der Waals surface area contributed by atoms with Crippen LogP contribution in [0.3, 0.4) is 0 Å². The minimum absolute atomic E-state index is 0.178. The van der Waals surface area contributed by atoms with Gasteiger partial charge in [-0.3, -0.25) is 4.79 Å². The van der Waals surface area contributed by atoms with Crippen molar-refractivity contribution in [2.45, 2.75) is 37.3 Å². The number of hydrogen-bond acceptors (Lipinski definition) is 4. The van der Waals surface area contributed by atoms with Crippen LogP contribution >= 0.6 is 0 Å². The van der Waals surface area contributed by atoms with Crippen molar-refractivity contribution in [2.75, 3.05) is 13.1 Å². The van der Waals surface area contributed by atoms with Gasteiger partial charge in [-0.2, -0.15) is 4.31 Å². The number of para-hydroxylation sites is 1. The standard InChI is InChI=1S/C20H22N2O4S/c1-14-7-8-18(15(2)13-14)27(24,25)22-11-9-20(10-12-22)21-19(23)16-5-3-4-6-17(16)26-20/h3-8,13H,9-12H2,1-2H3,(H,21,23). The zero-order valence-corrected chi connectivity index (χ0v) is 16.2. The first kappa shape index (κ1) is 18.0. The van der Waals surface area contributed by atoms with Gasteiger partial charge >= 0.3 is 0 Å². The number of fused-ring (bicyclic) bond motifs is 1. The molecule has 1 saturated heterocycles. The Bertz CT molecular complexity index is 1010. The number of rotatable bonds is 2. The monoisotopic (exact) mass is 386 g/mol. The number of aryl methyl sites for hydroxylation is 2. The Labute approximate surface area is 159 Å². The van der Waals surface area contributed by atoms with Crippen LogP contribution in [0.4, 0.5) is 0 Å². The number of amides is 1. The van der Waals surface area contributed by atoms with Crippen LogP contribution in [0.5, 0.6) is 5.75 Å². The third kappa shape index (κ3) is 3.11. The predicted molar refractivity (Wildman–Crippen MR) is 101 cm³/mol. The number of carbonyl (C=O) groups excluding carboxylic acids is 1. The second-order valence-corrected chi connectivity index (χ2v) is 9.13. The van der Waals surface area contributed by atoms with E-state index in [2.05, 4.69) is 5.32 Å². The number of nitrogens with one attached hydrogen (secondary N) is 1. The van der Waals surface area contributed by atoms with Gasteiger partial charge in [-0.05, 0) is 37.6 Å². The molecule has 4 rings (SSSR count). The van der Waals surface area contributed by atoms with E-state index in [9.17, 15) is 13.2 Å². The summed E-state index contributed by atoms with van der Waals surface area (Å²) in [5.41, 5.74) is 1.43. The summed E-state index contributed by atoms with van der Waals surface area (Å²) in [6.07, 6.45) is 0.800. The maximum Gasteiger partial charge on any atom is 0.258 e. The molecule has 0 saturated carbocycles. The molecule has 0 atom stereocenters. The van der Waals surface area contributed by atoms with Gasteiger partial charge in [0.05, 0.1) is 10.5 Å². The highest BCUT2D eigenvalue weighted by atomic mass is 32.2. The highest BCUT2D eigenvalue weighted by molar-refractivity contribution is 7.89. The molecule has 2 aliphatic heterocycles. The molecular weight excluding hydrogens is 364 g/mol. The van der Waals surface area contributed by atoms with Crippen LogP contribution in [0.1, 0.15) is 34.3 Å². The molecule has 2 aromatic rings. The molecule has 142 valence electrons. The van der Waals surface area contributed by atoms with Crippen molar-refractivity contribution < 1.29 is 17.9 Å². The van der Waals surface area contributed by atoms with Crippen molar-refractivity contribution in [1.82, 2.24) is 9.62 Å². The third-order valence-corrected chi connectivity index (χ3v) is 7.32. The number of nitrogens with zero attached hydrogens (tertiary/aromatic N) is 1. The Kier molecular flexibility index (Phi) is 4.24. The summed E-state index contributed by atoms with van der Waals surface area (Å²) in [5.74, 6) is 0.370. The van der Waals surface area contributed by atoms with E-state index in [4.69, 9.17) is 4.74 Å². The van der Waals surface area contributed by atoms with Gasteiger partial charge in [0.25, 0.3) is 5.91 Å². The Morgan fingerprint density at radius 1 is 1.07 bits per heavy atom. The van der Waals surface area contributed by atoms with Crippen molar-refractivity contribution in [3.05, 3.63) is 59.2 Å². The summed E-state index contributed by atoms with van der Waals surface area (Å²) >= 11 is 0. The first-order valence-corrected chi connectivity index (χ1v) is 10.4. The van der Waals surface area contributed by atoms with Crippen molar-refractivity contribution in [3.63, 3.8) is 0 Å². The van der Waals surface area contributed by atoms with E-state index in [-0.39, 0.29) is 19.0 Å². The smallest absolute Gasteiger partial charge is 0.258 e. The Hall–Kier alpha value is -2.38. The molecule has 2 aliphatic rings. The summed E-state index contributed by atoms with van der Waals surface area (Å²) in [5, 5.41) is 2.94. The van der Waals surface area contributed by atoms with E-state index in [1.807, 2.05) is 32.0 Å². The molecule has 27 heavy (non-hydrogen) atoms. The molecule has 2 heterocycles. The largest absolute Gasteiger partial charge is 0.467 e. The zero-order chi connectivity index (χ0) is 19.2. The van der Waals surface area contributed by atoms with Crippen molar-refractivity contribution in [2.24, 2.45) is 0 Å². The molecule has 0 aromatic heterocycles. The van der Waals surface area contributed by atoms with E-state index >= 15 is 0 Å². The minimum Gasteiger partial charge on any atom is -0.467 e. The van der Waals surface area contributed by atoms with Crippen LogP contribution in [-0.2, 0) is 10.0 Å². The van der Waals surface area contributed by atoms with Crippen LogP contribution in [0.25, 0.3) is 0 Å². The van der Waals surface area contributed by atoms with Gasteiger partial charge in [0, 0.05) is 25.9 Å². The summed E-state index contributed by atoms with van der Waals surface area (Å²) in [4.78, 5) is 12.7. The molecule has 1 spiro atoms. The van der Waals surface area contributed by atoms with E-state index in [1.165, 1.54) is 4.31 Å². The molecule has 0 bridgehead atoms. The number of carbonyl (C=O) groups is 1. The fourth-order valence-corrected chi connectivity index (χ4v) is 5.44. The average Bonchev–Trinajstić information content (AvgIpc) is 2.62. The maximum atomic E-state index is 13.1. The lowest BCUT2D eigenvalue weighted by molar-refractivity contribution is -0.0155. The predicted octanol–water partition coefficient (Wildman–Crippen LogP) is 2.61. The Morgan fingerprint density at radius 3 is 2.48 bits per heavy atom. The number of piperidine rings is 1. The van der Waals surface area contributed by atoms with Gasteiger partial charge in [-0.1, -0.05) is 29.8 Å². The lowest BCUT2D eigenvalue weighted by Crippen LogP contribution is -2.61. The van der Waals surface area contributed by atoms with Gasteiger partial charge in [0.2, 0.25) is 10.0 Å². The summed E-state index contributed by atoms with van der Waals surface area (Å²) in [6.45, 7) is 4.33. The van der Waals surface area contributed by atoms with Gasteiger partial charge in [-0.15, -0.1) is 0 Å². The molecule has 1 amide bonds. The SMILES string of the molecule is Cc1ccc(S(=O)(=O)N2CCC3(CC2)NC(=O)c2ccccc2O3)c(C)c1. The number of benzene rings is 2. The second kappa shape index (κ2) is 6.35. The molecule has 6 nitrogen and oxygen atoms in total. The maximum absolute atomic E-state index is 13.1. The first-order valence-electron chi connectivity index (χ1n) is 8.99. The minimum atomic E-state index is -3.57. The average molecular weight is 386 g/mol. The molecular formula is C20H22N2O4S. The lowest BCUT2D eigenvalue weighted by atomic mass is 9.98. The lowest BCUT2D eigenvalue weighted by Gasteiger charge is -2.44. The van der Waals surface area contributed by atoms with Crippen molar-refractivity contribution in [1.29, 1.82) is 0 Å². The molecule has 0 radical (unpaired) electrons. The Balaban J connectivity index is 1.55. The fourth-order valence-electron chi connectivity index (χ4n) is 3.80. The molecule has 1 N–H and O–H groups in total. The molecule has 0 unspecified atom stereocenters. The van der Waals surface area contributed by atoms with Crippen LogP contribution in [0, 0.1) is 13.8 Å². The third-order valence-electron chi connectivity index (χ3n) is 5.26. The number of hydrogen-bond donors (Lipinski definition) is 1. The number of sulfonamides is 1.